The van der Waals surface area contributed by atoms with Crippen molar-refractivity contribution in [2.24, 2.45) is 0 Å². The molecule has 20 heavy (non-hydrogen) atoms. The molecule has 1 aromatic heterocycles. The van der Waals surface area contributed by atoms with E-state index >= 15 is 0 Å². The van der Waals surface area contributed by atoms with E-state index < -0.39 is 0 Å². The van der Waals surface area contributed by atoms with Crippen LogP contribution in [-0.4, -0.2) is 31.5 Å². The van der Waals surface area contributed by atoms with E-state index in [9.17, 15) is 4.79 Å². The molecule has 2 N–H and O–H groups in total. The fraction of sp³-hybridized carbons (Fsp3) is 0.200. The molecule has 5 heteroatoms. The summed E-state index contributed by atoms with van der Waals surface area (Å²) in [7, 11) is 3.78. The van der Waals surface area contributed by atoms with E-state index in [1.807, 2.05) is 55.4 Å². The van der Waals surface area contributed by atoms with Crippen molar-refractivity contribution in [3.63, 3.8) is 0 Å². The van der Waals surface area contributed by atoms with Gasteiger partial charge in [0.25, 0.3) is 0 Å². The summed E-state index contributed by atoms with van der Waals surface area (Å²) in [5.41, 5.74) is 1.62. The van der Waals surface area contributed by atoms with Gasteiger partial charge < -0.3 is 15.5 Å². The summed E-state index contributed by atoms with van der Waals surface area (Å²) in [4.78, 5) is 18.0. The van der Waals surface area contributed by atoms with Crippen LogP contribution in [0.4, 0.5) is 17.2 Å². The number of para-hydroxylation sites is 1. The van der Waals surface area contributed by atoms with Gasteiger partial charge in [-0.15, -0.1) is 0 Å². The van der Waals surface area contributed by atoms with Gasteiger partial charge in [-0.3, -0.25) is 4.79 Å². The van der Waals surface area contributed by atoms with Gasteiger partial charge in [-0.1, -0.05) is 18.2 Å². The van der Waals surface area contributed by atoms with Crippen LogP contribution in [0.25, 0.3) is 0 Å². The topological polar surface area (TPSA) is 57.3 Å². The number of rotatable bonds is 5. The summed E-state index contributed by atoms with van der Waals surface area (Å²) in [6, 6.07) is 13.3. The molecule has 0 bridgehead atoms. The zero-order valence-electron chi connectivity index (χ0n) is 11.6. The second-order valence-corrected chi connectivity index (χ2v) is 4.54. The van der Waals surface area contributed by atoms with Crippen LogP contribution < -0.4 is 15.5 Å². The lowest BCUT2D eigenvalue weighted by atomic mass is 10.3. The Kier molecular flexibility index (Phi) is 4.55. The highest BCUT2D eigenvalue weighted by atomic mass is 16.1. The molecule has 0 aliphatic heterocycles. The largest absolute Gasteiger partial charge is 0.376 e. The number of carbonyl (C=O) groups excluding carboxylic acids is 1. The van der Waals surface area contributed by atoms with Crippen molar-refractivity contribution < 1.29 is 4.79 Å². The summed E-state index contributed by atoms with van der Waals surface area (Å²) in [6.45, 7) is 0.214. The third kappa shape index (κ3) is 3.71. The van der Waals surface area contributed by atoms with Gasteiger partial charge in [-0.2, -0.15) is 0 Å². The molecule has 1 heterocycles. The summed E-state index contributed by atoms with van der Waals surface area (Å²) in [5.74, 6) is 0.630. The molecule has 0 radical (unpaired) electrons. The van der Waals surface area contributed by atoms with Gasteiger partial charge in [-0.25, -0.2) is 4.98 Å². The molecule has 1 amide bonds. The van der Waals surface area contributed by atoms with Crippen molar-refractivity contribution in [2.45, 2.75) is 0 Å². The molecule has 5 nitrogen and oxygen atoms in total. The van der Waals surface area contributed by atoms with E-state index in [2.05, 4.69) is 15.6 Å². The average molecular weight is 270 g/mol. The van der Waals surface area contributed by atoms with E-state index in [1.165, 1.54) is 0 Å². The first-order valence-corrected chi connectivity index (χ1v) is 6.38. The molecule has 1 aromatic carbocycles. The zero-order valence-corrected chi connectivity index (χ0v) is 11.6. The lowest BCUT2D eigenvalue weighted by molar-refractivity contribution is -0.114. The van der Waals surface area contributed by atoms with E-state index in [-0.39, 0.29) is 12.5 Å². The average Bonchev–Trinajstić information content (AvgIpc) is 2.46. The van der Waals surface area contributed by atoms with Crippen molar-refractivity contribution in [1.82, 2.24) is 4.98 Å². The number of aromatic nitrogens is 1. The van der Waals surface area contributed by atoms with Gasteiger partial charge in [0.2, 0.25) is 5.91 Å². The zero-order chi connectivity index (χ0) is 14.4. The molecule has 0 saturated heterocycles. The molecular weight excluding hydrogens is 252 g/mol. The summed E-state index contributed by atoms with van der Waals surface area (Å²) < 4.78 is 0. The number of nitrogens with one attached hydrogen (secondary N) is 2. The normalized spacial score (nSPS) is 9.90. The predicted molar refractivity (Wildman–Crippen MR) is 82.1 cm³/mol. The van der Waals surface area contributed by atoms with E-state index in [4.69, 9.17) is 0 Å². The van der Waals surface area contributed by atoms with Crippen LogP contribution in [0.15, 0.2) is 48.7 Å². The number of pyridine rings is 1. The third-order valence-corrected chi connectivity index (χ3v) is 2.71. The van der Waals surface area contributed by atoms with Crippen LogP contribution in [-0.2, 0) is 4.79 Å². The molecule has 0 aliphatic rings. The standard InChI is InChI=1S/C15H18N4O/c1-19(2)15-13(9-6-10-16-15)18-14(20)11-17-12-7-4-3-5-8-12/h3-10,17H,11H2,1-2H3,(H,18,20). The highest BCUT2D eigenvalue weighted by molar-refractivity contribution is 5.96. The van der Waals surface area contributed by atoms with Crippen molar-refractivity contribution in [2.75, 3.05) is 36.2 Å². The minimum absolute atomic E-state index is 0.107. The first kappa shape index (κ1) is 13.9. The minimum atomic E-state index is -0.107. The second kappa shape index (κ2) is 6.56. The smallest absolute Gasteiger partial charge is 0.243 e. The van der Waals surface area contributed by atoms with Crippen molar-refractivity contribution in [1.29, 1.82) is 0 Å². The van der Waals surface area contributed by atoms with Crippen LogP contribution in [0, 0.1) is 0 Å². The van der Waals surface area contributed by atoms with E-state index in [1.54, 1.807) is 12.3 Å². The van der Waals surface area contributed by atoms with Crippen LogP contribution >= 0.6 is 0 Å². The summed E-state index contributed by atoms with van der Waals surface area (Å²) in [6.07, 6.45) is 1.70. The molecular formula is C15H18N4O. The lowest BCUT2D eigenvalue weighted by Gasteiger charge is -2.16. The second-order valence-electron chi connectivity index (χ2n) is 4.54. The molecule has 0 aliphatic carbocycles. The Morgan fingerprint density at radius 2 is 1.90 bits per heavy atom. The summed E-state index contributed by atoms with van der Waals surface area (Å²) >= 11 is 0. The predicted octanol–water partition coefficient (Wildman–Crippen LogP) is 2.20. The fourth-order valence-corrected chi connectivity index (χ4v) is 1.78. The van der Waals surface area contributed by atoms with Crippen LogP contribution in [0.2, 0.25) is 0 Å². The highest BCUT2D eigenvalue weighted by Gasteiger charge is 2.08. The molecule has 0 fully saturated rings. The maximum Gasteiger partial charge on any atom is 0.243 e. The Balaban J connectivity index is 1.95. The van der Waals surface area contributed by atoms with Gasteiger partial charge in [0.05, 0.1) is 12.2 Å². The van der Waals surface area contributed by atoms with Crippen LogP contribution in [0.1, 0.15) is 0 Å². The molecule has 0 saturated carbocycles. The molecule has 0 atom stereocenters. The first-order chi connectivity index (χ1) is 9.66. The van der Waals surface area contributed by atoms with E-state index in [0.29, 0.717) is 5.69 Å². The Bertz CT molecular complexity index is 569. The van der Waals surface area contributed by atoms with Crippen molar-refractivity contribution in [3.05, 3.63) is 48.7 Å². The number of benzene rings is 1. The molecule has 0 spiro atoms. The maximum absolute atomic E-state index is 11.9. The highest BCUT2D eigenvalue weighted by Crippen LogP contribution is 2.20. The Morgan fingerprint density at radius 3 is 2.60 bits per heavy atom. The molecule has 0 unspecified atom stereocenters. The SMILES string of the molecule is CN(C)c1ncccc1NC(=O)CNc1ccccc1. The molecule has 104 valence electrons. The Labute approximate surface area is 118 Å². The fourth-order valence-electron chi connectivity index (χ4n) is 1.78. The van der Waals surface area contributed by atoms with Crippen LogP contribution in [0.3, 0.4) is 0 Å². The van der Waals surface area contributed by atoms with Crippen molar-refractivity contribution >= 4 is 23.1 Å². The minimum Gasteiger partial charge on any atom is -0.376 e. The maximum atomic E-state index is 11.9. The van der Waals surface area contributed by atoms with Gasteiger partial charge in [0.15, 0.2) is 5.82 Å². The summed E-state index contributed by atoms with van der Waals surface area (Å²) in [5, 5.41) is 5.92. The molecule has 2 rings (SSSR count). The quantitative estimate of drug-likeness (QED) is 0.874. The lowest BCUT2D eigenvalue weighted by Crippen LogP contribution is -2.23. The number of hydrogen-bond donors (Lipinski definition) is 2. The van der Waals surface area contributed by atoms with E-state index in [0.717, 1.165) is 11.5 Å². The molecule has 2 aromatic rings. The van der Waals surface area contributed by atoms with Gasteiger partial charge >= 0.3 is 0 Å². The van der Waals surface area contributed by atoms with Gasteiger partial charge in [0, 0.05) is 26.0 Å². The van der Waals surface area contributed by atoms with Gasteiger partial charge in [-0.05, 0) is 24.3 Å². The van der Waals surface area contributed by atoms with Crippen molar-refractivity contribution in [3.8, 4) is 0 Å². The number of nitrogens with zero attached hydrogens (tertiary/aromatic N) is 2. The Morgan fingerprint density at radius 1 is 1.15 bits per heavy atom. The number of hydrogen-bond acceptors (Lipinski definition) is 4. The van der Waals surface area contributed by atoms with Gasteiger partial charge in [0.1, 0.15) is 0 Å². The van der Waals surface area contributed by atoms with Crippen LogP contribution in [0.5, 0.6) is 0 Å². The Hall–Kier alpha value is -2.56. The number of anilines is 3. The third-order valence-electron chi connectivity index (χ3n) is 2.71. The monoisotopic (exact) mass is 270 g/mol. The first-order valence-electron chi connectivity index (χ1n) is 6.38. The number of carbonyl (C=O) groups is 1. The number of amides is 1.